The molecule has 120 valence electrons. The molecular weight excluding hydrogens is 356 g/mol. The number of carbonyl (C=O) groups excluding carboxylic acids is 1. The summed E-state index contributed by atoms with van der Waals surface area (Å²) in [7, 11) is 1.24. The molecule has 0 amide bonds. The van der Waals surface area contributed by atoms with Gasteiger partial charge in [0, 0.05) is 23.6 Å². The van der Waals surface area contributed by atoms with Crippen LogP contribution in [0.5, 0.6) is 0 Å². The van der Waals surface area contributed by atoms with Crippen LogP contribution in [0, 0.1) is 16.0 Å². The fourth-order valence-electron chi connectivity index (χ4n) is 2.68. The zero-order valence-electron chi connectivity index (χ0n) is 12.1. The molecule has 0 aromatic heterocycles. The fraction of sp³-hybridized carbons (Fsp3) is 0.500. The molecule has 22 heavy (non-hydrogen) atoms. The highest BCUT2D eigenvalue weighted by atomic mass is 79.9. The van der Waals surface area contributed by atoms with Crippen LogP contribution in [0.25, 0.3) is 0 Å². The van der Waals surface area contributed by atoms with E-state index in [1.165, 1.54) is 13.2 Å². The van der Waals surface area contributed by atoms with Gasteiger partial charge in [-0.1, -0.05) is 15.9 Å². The summed E-state index contributed by atoms with van der Waals surface area (Å²) in [5, 5.41) is 21.0. The topological polar surface area (TPSA) is 92.9 Å². The quantitative estimate of drug-likeness (QED) is 0.494. The van der Waals surface area contributed by atoms with E-state index in [9.17, 15) is 20.0 Å². The summed E-state index contributed by atoms with van der Waals surface area (Å²) in [4.78, 5) is 24.0. The first kappa shape index (κ1) is 16.7. The zero-order chi connectivity index (χ0) is 16.3. The van der Waals surface area contributed by atoms with Gasteiger partial charge in [0.2, 0.25) is 0 Å². The van der Waals surface area contributed by atoms with Crippen LogP contribution in [-0.4, -0.2) is 42.3 Å². The van der Waals surface area contributed by atoms with Gasteiger partial charge in [-0.2, -0.15) is 0 Å². The Labute approximate surface area is 136 Å². The number of ether oxygens (including phenoxy) is 1. The Morgan fingerprint density at radius 3 is 2.68 bits per heavy atom. The molecule has 7 nitrogen and oxygen atoms in total. The number of anilines is 1. The van der Waals surface area contributed by atoms with Crippen LogP contribution in [0.3, 0.4) is 0 Å². The molecule has 1 unspecified atom stereocenters. The summed E-state index contributed by atoms with van der Waals surface area (Å²) >= 11 is 3.23. The molecule has 1 N–H and O–H groups in total. The average Bonchev–Trinajstić information content (AvgIpc) is 2.53. The Bertz CT molecular complexity index is 572. The number of aliphatic hydroxyl groups is 1. The number of carbonyl (C=O) groups is 1. The van der Waals surface area contributed by atoms with E-state index in [4.69, 9.17) is 0 Å². The molecule has 0 aliphatic carbocycles. The molecule has 0 saturated carbocycles. The van der Waals surface area contributed by atoms with Crippen LogP contribution < -0.4 is 4.90 Å². The van der Waals surface area contributed by atoms with Gasteiger partial charge in [0.05, 0.1) is 12.0 Å². The SMILES string of the molecule is COC(=O)C(O)C1CCN(c2ccc(Br)cc2[N+](=O)[O-])CC1. The third-order valence-corrected chi connectivity index (χ3v) is 4.40. The first-order valence-corrected chi connectivity index (χ1v) is 7.68. The van der Waals surface area contributed by atoms with Gasteiger partial charge in [-0.05, 0) is 30.9 Å². The molecule has 1 atom stereocenters. The monoisotopic (exact) mass is 372 g/mol. The standard InChI is InChI=1S/C14H17BrN2O5/c1-22-14(19)13(18)9-4-6-16(7-5-9)11-3-2-10(15)8-12(11)17(20)21/h2-3,8-9,13,18H,4-7H2,1H3. The van der Waals surface area contributed by atoms with Gasteiger partial charge in [0.1, 0.15) is 5.69 Å². The van der Waals surface area contributed by atoms with Crippen LogP contribution >= 0.6 is 15.9 Å². The third kappa shape index (κ3) is 3.56. The van der Waals surface area contributed by atoms with Crippen LogP contribution in [-0.2, 0) is 9.53 Å². The molecule has 8 heteroatoms. The van der Waals surface area contributed by atoms with Gasteiger partial charge in [-0.3, -0.25) is 10.1 Å². The van der Waals surface area contributed by atoms with E-state index in [-0.39, 0.29) is 11.6 Å². The Morgan fingerprint density at radius 1 is 1.50 bits per heavy atom. The maximum atomic E-state index is 11.4. The molecule has 1 aliphatic rings. The molecule has 1 fully saturated rings. The van der Waals surface area contributed by atoms with Gasteiger partial charge in [0.15, 0.2) is 6.10 Å². The van der Waals surface area contributed by atoms with Gasteiger partial charge < -0.3 is 14.7 Å². The fourth-order valence-corrected chi connectivity index (χ4v) is 3.03. The predicted octanol–water partition coefficient (Wildman–Crippen LogP) is 2.11. The number of benzene rings is 1. The van der Waals surface area contributed by atoms with Crippen molar-refractivity contribution >= 4 is 33.3 Å². The molecule has 1 saturated heterocycles. The number of nitrogens with zero attached hydrogens (tertiary/aromatic N) is 2. The van der Waals surface area contributed by atoms with E-state index in [1.807, 2.05) is 4.90 Å². The highest BCUT2D eigenvalue weighted by Gasteiger charge is 2.32. The van der Waals surface area contributed by atoms with Crippen molar-refractivity contribution in [3.8, 4) is 0 Å². The largest absolute Gasteiger partial charge is 0.467 e. The number of esters is 1. The minimum absolute atomic E-state index is 0.0429. The molecular formula is C14H17BrN2O5. The smallest absolute Gasteiger partial charge is 0.334 e. The maximum Gasteiger partial charge on any atom is 0.334 e. The summed E-state index contributed by atoms with van der Waals surface area (Å²) in [5.41, 5.74) is 0.598. The Hall–Kier alpha value is -1.67. The number of piperidine rings is 1. The molecule has 0 radical (unpaired) electrons. The highest BCUT2D eigenvalue weighted by molar-refractivity contribution is 9.10. The van der Waals surface area contributed by atoms with Crippen molar-refractivity contribution in [1.82, 2.24) is 0 Å². The van der Waals surface area contributed by atoms with Crippen LogP contribution in [0.1, 0.15) is 12.8 Å². The van der Waals surface area contributed by atoms with Crippen LogP contribution in [0.15, 0.2) is 22.7 Å². The van der Waals surface area contributed by atoms with Crippen molar-refractivity contribution < 1.29 is 19.6 Å². The van der Waals surface area contributed by atoms with E-state index in [0.29, 0.717) is 36.1 Å². The van der Waals surface area contributed by atoms with Gasteiger partial charge in [0.25, 0.3) is 5.69 Å². The summed E-state index contributed by atoms with van der Waals surface area (Å²) in [6, 6.07) is 4.95. The van der Waals surface area contributed by atoms with Crippen LogP contribution in [0.2, 0.25) is 0 Å². The maximum absolute atomic E-state index is 11.4. The van der Waals surface area contributed by atoms with Crippen molar-refractivity contribution in [3.05, 3.63) is 32.8 Å². The number of hydrogen-bond acceptors (Lipinski definition) is 6. The van der Waals surface area contributed by atoms with Gasteiger partial charge in [-0.25, -0.2) is 4.79 Å². The minimum Gasteiger partial charge on any atom is -0.467 e. The lowest BCUT2D eigenvalue weighted by Crippen LogP contribution is -2.41. The molecule has 1 heterocycles. The number of halogens is 1. The number of methoxy groups -OCH3 is 1. The molecule has 2 rings (SSSR count). The van der Waals surface area contributed by atoms with E-state index in [2.05, 4.69) is 20.7 Å². The number of nitro groups is 1. The van der Waals surface area contributed by atoms with Gasteiger partial charge in [-0.15, -0.1) is 0 Å². The van der Waals surface area contributed by atoms with Crippen molar-refractivity contribution in [1.29, 1.82) is 0 Å². The molecule has 1 aliphatic heterocycles. The first-order chi connectivity index (χ1) is 10.4. The molecule has 0 bridgehead atoms. The van der Waals surface area contributed by atoms with Crippen molar-refractivity contribution in [3.63, 3.8) is 0 Å². The number of nitro benzene ring substituents is 1. The number of hydrogen-bond donors (Lipinski definition) is 1. The molecule has 0 spiro atoms. The Kier molecular flexibility index (Phi) is 5.36. The second-order valence-corrected chi connectivity index (χ2v) is 6.10. The van der Waals surface area contributed by atoms with Crippen molar-refractivity contribution in [2.45, 2.75) is 18.9 Å². The first-order valence-electron chi connectivity index (χ1n) is 6.89. The molecule has 1 aromatic rings. The summed E-state index contributed by atoms with van der Waals surface area (Å²) in [5.74, 6) is -0.814. The van der Waals surface area contributed by atoms with E-state index in [0.717, 1.165) is 0 Å². The van der Waals surface area contributed by atoms with Gasteiger partial charge >= 0.3 is 5.97 Å². The summed E-state index contributed by atoms with van der Waals surface area (Å²) in [6.07, 6.45) is 0.0134. The minimum atomic E-state index is -1.13. The summed E-state index contributed by atoms with van der Waals surface area (Å²) < 4.78 is 5.20. The normalized spacial score (nSPS) is 17.1. The third-order valence-electron chi connectivity index (χ3n) is 3.90. The lowest BCUT2D eigenvalue weighted by Gasteiger charge is -2.34. The number of rotatable bonds is 4. The highest BCUT2D eigenvalue weighted by Crippen LogP contribution is 2.34. The average molecular weight is 373 g/mol. The molecule has 1 aromatic carbocycles. The lowest BCUT2D eigenvalue weighted by molar-refractivity contribution is -0.384. The predicted molar refractivity (Wildman–Crippen MR) is 83.8 cm³/mol. The lowest BCUT2D eigenvalue weighted by atomic mass is 9.91. The van der Waals surface area contributed by atoms with E-state index < -0.39 is 17.0 Å². The second-order valence-electron chi connectivity index (χ2n) is 5.18. The zero-order valence-corrected chi connectivity index (χ0v) is 13.7. The Balaban J connectivity index is 2.09. The van der Waals surface area contributed by atoms with Crippen LogP contribution in [0.4, 0.5) is 11.4 Å². The van der Waals surface area contributed by atoms with Crippen molar-refractivity contribution in [2.24, 2.45) is 5.92 Å². The van der Waals surface area contributed by atoms with Crippen molar-refractivity contribution in [2.75, 3.05) is 25.1 Å². The second kappa shape index (κ2) is 7.06. The van der Waals surface area contributed by atoms with E-state index >= 15 is 0 Å². The number of aliphatic hydroxyl groups excluding tert-OH is 1. The Morgan fingerprint density at radius 2 is 2.14 bits per heavy atom. The summed E-state index contributed by atoms with van der Waals surface area (Å²) in [6.45, 7) is 1.09. The van der Waals surface area contributed by atoms with E-state index in [1.54, 1.807) is 12.1 Å².